The van der Waals surface area contributed by atoms with E-state index in [4.69, 9.17) is 24.3 Å². The number of carbonyl (C=O) groups excluding carboxylic acids is 1. The van der Waals surface area contributed by atoms with Crippen LogP contribution in [-0.4, -0.2) is 49.3 Å². The third-order valence-electron chi connectivity index (χ3n) is 6.76. The highest BCUT2D eigenvalue weighted by atomic mass is 16.5. The molecule has 0 aliphatic carbocycles. The second kappa shape index (κ2) is 14.7. The number of nitrogens with one attached hydrogen (secondary N) is 2. The van der Waals surface area contributed by atoms with E-state index in [0.717, 1.165) is 11.3 Å². The number of hydrazine groups is 1. The Balaban J connectivity index is 1.60. The fourth-order valence-corrected chi connectivity index (χ4v) is 4.61. The third kappa shape index (κ3) is 7.08. The number of rotatable bonds is 15. The average molecular weight is 571 g/mol. The molecule has 1 aliphatic rings. The van der Waals surface area contributed by atoms with Crippen LogP contribution in [0.1, 0.15) is 35.6 Å². The van der Waals surface area contributed by atoms with Crippen LogP contribution < -0.4 is 20.3 Å². The van der Waals surface area contributed by atoms with E-state index in [1.165, 1.54) is 0 Å². The predicted molar refractivity (Wildman–Crippen MR) is 160 cm³/mol. The maximum absolute atomic E-state index is 13.9. The highest BCUT2D eigenvalue weighted by Crippen LogP contribution is 2.45. The van der Waals surface area contributed by atoms with Gasteiger partial charge in [0.15, 0.2) is 11.6 Å². The minimum Gasteiger partial charge on any atom is -0.497 e. The van der Waals surface area contributed by atoms with Gasteiger partial charge in [0.05, 0.1) is 13.7 Å². The van der Waals surface area contributed by atoms with Gasteiger partial charge in [-0.2, -0.15) is 0 Å². The van der Waals surface area contributed by atoms with Gasteiger partial charge in [-0.15, -0.1) is 6.58 Å². The van der Waals surface area contributed by atoms with Crippen molar-refractivity contribution in [1.82, 2.24) is 10.9 Å². The zero-order chi connectivity index (χ0) is 29.8. The van der Waals surface area contributed by atoms with Crippen molar-refractivity contribution in [3.8, 4) is 11.5 Å². The average Bonchev–Trinajstić information content (AvgIpc) is 3.41. The van der Waals surface area contributed by atoms with Crippen molar-refractivity contribution in [2.45, 2.75) is 30.9 Å². The summed E-state index contributed by atoms with van der Waals surface area (Å²) in [5.74, 6) is 1.24. The van der Waals surface area contributed by atoms with Gasteiger partial charge in [0.2, 0.25) is 5.90 Å². The molecule has 0 saturated carbocycles. The number of azide groups is 1. The number of benzene rings is 3. The van der Waals surface area contributed by atoms with Crippen molar-refractivity contribution in [2.24, 2.45) is 10.1 Å². The minimum absolute atomic E-state index is 0.0469. The molecule has 1 aliphatic heterocycles. The molecule has 1 heterocycles. The first-order valence-electron chi connectivity index (χ1n) is 13.6. The summed E-state index contributed by atoms with van der Waals surface area (Å²) in [6.07, 6.45) is 2.06. The van der Waals surface area contributed by atoms with Crippen molar-refractivity contribution < 1.29 is 24.1 Å². The number of amides is 1. The molecule has 4 rings (SSSR count). The van der Waals surface area contributed by atoms with Gasteiger partial charge in [0.1, 0.15) is 11.5 Å². The standard InChI is InChI=1S/C31H34N6O5/c1-3-18-31(30(39)36-33-19-17-22-9-13-24(40-2)14-10-22)28(26-7-4-5-8-27(26)35-37-32)42-29(34-31)23-11-15-25(16-12-23)41-21-6-20-38/h3-5,7-16,28,33,38H,1,6,17-21H2,2H3,(H,36,39)/t28-,31-/m0/s1. The van der Waals surface area contributed by atoms with Crippen LogP contribution in [0.15, 0.2) is 95.6 Å². The summed E-state index contributed by atoms with van der Waals surface area (Å²) in [6.45, 7) is 4.79. The normalized spacial score (nSPS) is 17.4. The van der Waals surface area contributed by atoms with Crippen LogP contribution in [0, 0.1) is 0 Å². The number of aliphatic hydroxyl groups is 1. The van der Waals surface area contributed by atoms with Crippen molar-refractivity contribution in [3.63, 3.8) is 0 Å². The van der Waals surface area contributed by atoms with Gasteiger partial charge in [0, 0.05) is 47.7 Å². The number of hydrogen-bond acceptors (Lipinski definition) is 8. The van der Waals surface area contributed by atoms with Crippen LogP contribution in [0.5, 0.6) is 11.5 Å². The largest absolute Gasteiger partial charge is 0.497 e. The molecular weight excluding hydrogens is 536 g/mol. The fraction of sp³-hybridized carbons (Fsp3) is 0.290. The fourth-order valence-electron chi connectivity index (χ4n) is 4.61. The summed E-state index contributed by atoms with van der Waals surface area (Å²) >= 11 is 0. The molecule has 11 nitrogen and oxygen atoms in total. The lowest BCUT2D eigenvalue weighted by Crippen LogP contribution is -2.52. The topological polar surface area (TPSA) is 150 Å². The Morgan fingerprint density at radius 3 is 2.60 bits per heavy atom. The van der Waals surface area contributed by atoms with Gasteiger partial charge in [-0.1, -0.05) is 47.6 Å². The van der Waals surface area contributed by atoms with E-state index in [0.29, 0.717) is 48.6 Å². The Bertz CT molecular complexity index is 1440. The zero-order valence-electron chi connectivity index (χ0n) is 23.4. The van der Waals surface area contributed by atoms with Crippen molar-refractivity contribution in [3.05, 3.63) is 113 Å². The molecule has 0 saturated heterocycles. The molecule has 0 bridgehead atoms. The maximum Gasteiger partial charge on any atom is 0.266 e. The van der Waals surface area contributed by atoms with E-state index in [2.05, 4.69) is 27.5 Å². The molecule has 0 fully saturated rings. The zero-order valence-corrected chi connectivity index (χ0v) is 23.4. The Hall–Kier alpha value is -4.83. The summed E-state index contributed by atoms with van der Waals surface area (Å²) < 4.78 is 17.2. The van der Waals surface area contributed by atoms with E-state index in [-0.39, 0.29) is 18.9 Å². The third-order valence-corrected chi connectivity index (χ3v) is 6.76. The van der Waals surface area contributed by atoms with Gasteiger partial charge in [0.25, 0.3) is 5.91 Å². The Kier molecular flexibility index (Phi) is 10.5. The van der Waals surface area contributed by atoms with E-state index in [1.807, 2.05) is 24.3 Å². The predicted octanol–water partition coefficient (Wildman–Crippen LogP) is 5.09. The van der Waals surface area contributed by atoms with E-state index in [9.17, 15) is 10.3 Å². The van der Waals surface area contributed by atoms with Gasteiger partial charge in [-0.05, 0) is 53.9 Å². The van der Waals surface area contributed by atoms with Crippen LogP contribution in [0.25, 0.3) is 10.4 Å². The monoisotopic (exact) mass is 570 g/mol. The summed E-state index contributed by atoms with van der Waals surface area (Å²) in [4.78, 5) is 21.7. The SMILES string of the molecule is C=CC[C@]1(C(=O)NNCCc2ccc(OC)cc2)N=C(c2ccc(OCCCO)cc2)O[C@H]1c1ccccc1N=[N+]=[N-]. The van der Waals surface area contributed by atoms with Gasteiger partial charge in [-0.25, -0.2) is 10.4 Å². The maximum atomic E-state index is 13.9. The number of aliphatic imine (C=N–C) groups is 1. The second-order valence-electron chi connectivity index (χ2n) is 9.51. The molecule has 0 spiro atoms. The summed E-state index contributed by atoms with van der Waals surface area (Å²) in [5, 5.41) is 12.8. The van der Waals surface area contributed by atoms with Crippen molar-refractivity contribution >= 4 is 17.5 Å². The van der Waals surface area contributed by atoms with Crippen LogP contribution in [0.4, 0.5) is 5.69 Å². The molecule has 0 unspecified atom stereocenters. The molecule has 3 aromatic rings. The lowest BCUT2D eigenvalue weighted by atomic mass is 9.84. The van der Waals surface area contributed by atoms with Gasteiger partial charge < -0.3 is 19.3 Å². The van der Waals surface area contributed by atoms with Crippen molar-refractivity contribution in [1.29, 1.82) is 0 Å². The molecule has 2 atom stereocenters. The summed E-state index contributed by atoms with van der Waals surface area (Å²) in [5.41, 5.74) is 16.1. The summed E-state index contributed by atoms with van der Waals surface area (Å²) in [7, 11) is 1.62. The number of carbonyl (C=O) groups is 1. The Morgan fingerprint density at radius 1 is 1.17 bits per heavy atom. The van der Waals surface area contributed by atoms with Crippen molar-refractivity contribution in [2.75, 3.05) is 26.9 Å². The summed E-state index contributed by atoms with van der Waals surface area (Å²) in [6, 6.07) is 21.8. The van der Waals surface area contributed by atoms with Crippen LogP contribution in [0.3, 0.4) is 0 Å². The molecule has 218 valence electrons. The minimum atomic E-state index is -1.44. The molecule has 3 aromatic carbocycles. The molecule has 42 heavy (non-hydrogen) atoms. The van der Waals surface area contributed by atoms with Crippen LogP contribution in [0.2, 0.25) is 0 Å². The van der Waals surface area contributed by atoms with E-state index < -0.39 is 17.6 Å². The highest BCUT2D eigenvalue weighted by molar-refractivity contribution is 6.01. The van der Waals surface area contributed by atoms with Gasteiger partial charge >= 0.3 is 0 Å². The van der Waals surface area contributed by atoms with Gasteiger partial charge in [-0.3, -0.25) is 10.2 Å². The van der Waals surface area contributed by atoms with Crippen LogP contribution in [-0.2, 0) is 16.0 Å². The first kappa shape index (κ1) is 30.1. The Labute approximate surface area is 244 Å². The van der Waals surface area contributed by atoms with Crippen LogP contribution >= 0.6 is 0 Å². The number of nitrogens with zero attached hydrogens (tertiary/aromatic N) is 4. The van der Waals surface area contributed by atoms with E-state index in [1.54, 1.807) is 61.7 Å². The first-order chi connectivity index (χ1) is 20.5. The quantitative estimate of drug-likeness (QED) is 0.0578. The molecule has 0 radical (unpaired) electrons. The molecule has 0 aromatic heterocycles. The molecular formula is C31H34N6O5. The Morgan fingerprint density at radius 2 is 1.90 bits per heavy atom. The number of methoxy groups -OCH3 is 1. The van der Waals surface area contributed by atoms with E-state index >= 15 is 0 Å². The molecule has 11 heteroatoms. The first-order valence-corrected chi connectivity index (χ1v) is 13.6. The smallest absolute Gasteiger partial charge is 0.266 e. The lowest BCUT2D eigenvalue weighted by Gasteiger charge is -2.30. The number of ether oxygens (including phenoxy) is 3. The second-order valence-corrected chi connectivity index (χ2v) is 9.51. The lowest BCUT2D eigenvalue weighted by molar-refractivity contribution is -0.129. The molecule has 3 N–H and O–H groups in total. The highest BCUT2D eigenvalue weighted by Gasteiger charge is 2.53. The number of hydrogen-bond donors (Lipinski definition) is 3. The number of aliphatic hydroxyl groups excluding tert-OH is 1. The molecule has 1 amide bonds.